The monoisotopic (exact) mass is 374 g/mol. The molecule has 0 radical (unpaired) electrons. The van der Waals surface area contributed by atoms with Gasteiger partial charge in [0, 0.05) is 13.1 Å². The summed E-state index contributed by atoms with van der Waals surface area (Å²) in [4.78, 5) is 15.1. The Labute approximate surface area is 160 Å². The standard InChI is InChI=1S/C21H30N2O4/c1-14(24)11-22-12-20(25)23-8-7-16-9-18-19(27-13-26-18)10-17(16)21(23)15-5-3-2-4-6-15/h9-10,14-15,21-22,24H,2-8,11-13H2,1H3/t14-,21?/m1/s1. The Bertz CT molecular complexity index is 685. The lowest BCUT2D eigenvalue weighted by Gasteiger charge is -2.43. The molecule has 0 saturated heterocycles. The summed E-state index contributed by atoms with van der Waals surface area (Å²) < 4.78 is 11.2. The van der Waals surface area contributed by atoms with Crippen molar-refractivity contribution in [3.63, 3.8) is 0 Å². The van der Waals surface area contributed by atoms with Crippen LogP contribution in [0.2, 0.25) is 0 Å². The molecular weight excluding hydrogens is 344 g/mol. The molecule has 0 aromatic heterocycles. The van der Waals surface area contributed by atoms with Crippen molar-refractivity contribution in [1.82, 2.24) is 10.2 Å². The summed E-state index contributed by atoms with van der Waals surface area (Å²) in [6.45, 7) is 3.44. The zero-order valence-corrected chi connectivity index (χ0v) is 16.1. The number of carbonyl (C=O) groups excluding carboxylic acids is 1. The molecule has 2 atom stereocenters. The number of amides is 1. The van der Waals surface area contributed by atoms with Gasteiger partial charge in [0.2, 0.25) is 12.7 Å². The van der Waals surface area contributed by atoms with Gasteiger partial charge in [0.1, 0.15) is 0 Å². The second-order valence-electron chi connectivity index (χ2n) is 8.06. The molecule has 1 aromatic rings. The van der Waals surface area contributed by atoms with E-state index in [1.165, 1.54) is 43.2 Å². The zero-order valence-electron chi connectivity index (χ0n) is 16.1. The Morgan fingerprint density at radius 3 is 2.74 bits per heavy atom. The topological polar surface area (TPSA) is 71.0 Å². The molecule has 2 N–H and O–H groups in total. The average molecular weight is 374 g/mol. The third-order valence-electron chi connectivity index (χ3n) is 6.04. The van der Waals surface area contributed by atoms with Crippen LogP contribution in [0.3, 0.4) is 0 Å². The minimum Gasteiger partial charge on any atom is -0.454 e. The van der Waals surface area contributed by atoms with Gasteiger partial charge < -0.3 is 24.8 Å². The van der Waals surface area contributed by atoms with Crippen LogP contribution in [0.4, 0.5) is 0 Å². The first-order chi connectivity index (χ1) is 13.1. The van der Waals surface area contributed by atoms with E-state index in [0.29, 0.717) is 12.5 Å². The SMILES string of the molecule is C[C@@H](O)CNCC(=O)N1CCc2cc3c(cc2C1C1CCCCC1)OCO3. The number of nitrogens with zero attached hydrogens (tertiary/aromatic N) is 1. The Kier molecular flexibility index (Phi) is 5.55. The number of hydrogen-bond acceptors (Lipinski definition) is 5. The molecule has 6 nitrogen and oxygen atoms in total. The largest absolute Gasteiger partial charge is 0.454 e. The van der Waals surface area contributed by atoms with Crippen LogP contribution in [-0.4, -0.2) is 48.4 Å². The van der Waals surface area contributed by atoms with Crippen molar-refractivity contribution in [1.29, 1.82) is 0 Å². The number of ether oxygens (including phenoxy) is 2. The third kappa shape index (κ3) is 3.92. The van der Waals surface area contributed by atoms with Gasteiger partial charge >= 0.3 is 0 Å². The number of hydrogen-bond donors (Lipinski definition) is 2. The van der Waals surface area contributed by atoms with Crippen LogP contribution in [0.5, 0.6) is 11.5 Å². The molecule has 2 aliphatic heterocycles. The first-order valence-corrected chi connectivity index (χ1v) is 10.2. The highest BCUT2D eigenvalue weighted by Crippen LogP contribution is 2.46. The lowest BCUT2D eigenvalue weighted by atomic mass is 9.77. The maximum atomic E-state index is 13.0. The fraction of sp³-hybridized carbons (Fsp3) is 0.667. The fourth-order valence-electron chi connectivity index (χ4n) is 4.77. The van der Waals surface area contributed by atoms with Gasteiger partial charge in [-0.05, 0) is 55.4 Å². The highest BCUT2D eigenvalue weighted by atomic mass is 16.7. The maximum absolute atomic E-state index is 13.0. The van der Waals surface area contributed by atoms with E-state index in [9.17, 15) is 9.90 Å². The molecule has 3 aliphatic rings. The van der Waals surface area contributed by atoms with Crippen LogP contribution in [0.25, 0.3) is 0 Å². The van der Waals surface area contributed by atoms with Crippen molar-refractivity contribution in [2.24, 2.45) is 5.92 Å². The summed E-state index contributed by atoms with van der Waals surface area (Å²) in [6, 6.07) is 4.34. The molecule has 148 valence electrons. The molecule has 0 bridgehead atoms. The smallest absolute Gasteiger partial charge is 0.237 e. The summed E-state index contributed by atoms with van der Waals surface area (Å²) in [5.74, 6) is 2.25. The number of rotatable bonds is 5. The molecule has 1 amide bonds. The molecule has 1 saturated carbocycles. The molecule has 4 rings (SSSR count). The molecule has 6 heteroatoms. The Morgan fingerprint density at radius 2 is 2.00 bits per heavy atom. The zero-order chi connectivity index (χ0) is 18.8. The van der Waals surface area contributed by atoms with Gasteiger partial charge in [0.05, 0.1) is 18.7 Å². The third-order valence-corrected chi connectivity index (χ3v) is 6.04. The highest BCUT2D eigenvalue weighted by Gasteiger charge is 2.37. The maximum Gasteiger partial charge on any atom is 0.237 e. The van der Waals surface area contributed by atoms with Gasteiger partial charge in [-0.25, -0.2) is 0 Å². The van der Waals surface area contributed by atoms with Crippen LogP contribution in [0.1, 0.15) is 56.2 Å². The number of aliphatic hydroxyl groups excluding tert-OH is 1. The summed E-state index contributed by atoms with van der Waals surface area (Å²) in [7, 11) is 0. The lowest BCUT2D eigenvalue weighted by Crippen LogP contribution is -2.47. The van der Waals surface area contributed by atoms with E-state index in [1.807, 2.05) is 0 Å². The van der Waals surface area contributed by atoms with Gasteiger partial charge in [-0.2, -0.15) is 0 Å². The predicted molar refractivity (Wildman–Crippen MR) is 102 cm³/mol. The van der Waals surface area contributed by atoms with Crippen molar-refractivity contribution in [2.45, 2.75) is 57.6 Å². The minimum absolute atomic E-state index is 0.115. The molecule has 0 spiro atoms. The van der Waals surface area contributed by atoms with E-state index in [1.54, 1.807) is 6.92 Å². The molecule has 2 heterocycles. The average Bonchev–Trinajstić information content (AvgIpc) is 3.13. The summed E-state index contributed by atoms with van der Waals surface area (Å²) in [5, 5.41) is 12.5. The first kappa shape index (κ1) is 18.6. The van der Waals surface area contributed by atoms with Crippen LogP contribution in [0, 0.1) is 5.92 Å². The summed E-state index contributed by atoms with van der Waals surface area (Å²) in [6.07, 6.45) is 6.51. The number of fused-ring (bicyclic) bond motifs is 2. The number of nitrogens with one attached hydrogen (secondary N) is 1. The Balaban J connectivity index is 1.60. The van der Waals surface area contributed by atoms with Crippen LogP contribution in [-0.2, 0) is 11.2 Å². The van der Waals surface area contributed by atoms with Gasteiger partial charge in [-0.3, -0.25) is 4.79 Å². The quantitative estimate of drug-likeness (QED) is 0.828. The summed E-state index contributed by atoms with van der Waals surface area (Å²) in [5.41, 5.74) is 2.53. The normalized spacial score (nSPS) is 23.2. The van der Waals surface area contributed by atoms with E-state index in [2.05, 4.69) is 22.3 Å². The van der Waals surface area contributed by atoms with Crippen LogP contribution in [0.15, 0.2) is 12.1 Å². The number of benzene rings is 1. The van der Waals surface area contributed by atoms with E-state index in [0.717, 1.165) is 24.5 Å². The molecule has 1 aliphatic carbocycles. The van der Waals surface area contributed by atoms with E-state index in [4.69, 9.17) is 9.47 Å². The van der Waals surface area contributed by atoms with Crippen molar-refractivity contribution in [3.05, 3.63) is 23.3 Å². The van der Waals surface area contributed by atoms with Gasteiger partial charge in [-0.1, -0.05) is 19.3 Å². The van der Waals surface area contributed by atoms with Crippen molar-refractivity contribution in [3.8, 4) is 11.5 Å². The fourth-order valence-corrected chi connectivity index (χ4v) is 4.77. The lowest BCUT2D eigenvalue weighted by molar-refractivity contribution is -0.134. The van der Waals surface area contributed by atoms with E-state index < -0.39 is 6.10 Å². The second-order valence-corrected chi connectivity index (χ2v) is 8.06. The van der Waals surface area contributed by atoms with E-state index >= 15 is 0 Å². The van der Waals surface area contributed by atoms with Gasteiger partial charge in [0.25, 0.3) is 0 Å². The molecule has 1 unspecified atom stereocenters. The van der Waals surface area contributed by atoms with Gasteiger partial charge in [-0.15, -0.1) is 0 Å². The number of aliphatic hydroxyl groups is 1. The minimum atomic E-state index is -0.450. The summed E-state index contributed by atoms with van der Waals surface area (Å²) >= 11 is 0. The molecule has 1 aromatic carbocycles. The van der Waals surface area contributed by atoms with Crippen molar-refractivity contribution >= 4 is 5.91 Å². The highest BCUT2D eigenvalue weighted by molar-refractivity contribution is 5.79. The van der Waals surface area contributed by atoms with Crippen LogP contribution < -0.4 is 14.8 Å². The van der Waals surface area contributed by atoms with Crippen LogP contribution >= 0.6 is 0 Å². The van der Waals surface area contributed by atoms with Crippen molar-refractivity contribution < 1.29 is 19.4 Å². The van der Waals surface area contributed by atoms with Gasteiger partial charge in [0.15, 0.2) is 11.5 Å². The Hall–Kier alpha value is -1.79. The van der Waals surface area contributed by atoms with E-state index in [-0.39, 0.29) is 25.3 Å². The molecule has 1 fully saturated rings. The first-order valence-electron chi connectivity index (χ1n) is 10.2. The number of carbonyl (C=O) groups is 1. The van der Waals surface area contributed by atoms with Crippen molar-refractivity contribution in [2.75, 3.05) is 26.4 Å². The Morgan fingerprint density at radius 1 is 1.26 bits per heavy atom. The predicted octanol–water partition coefficient (Wildman–Crippen LogP) is 2.39. The molecular formula is C21H30N2O4. The second kappa shape index (κ2) is 8.07. The molecule has 27 heavy (non-hydrogen) atoms.